The Morgan fingerprint density at radius 1 is 0.909 bits per heavy atom. The van der Waals surface area contributed by atoms with Crippen LogP contribution < -0.4 is 10.6 Å². The third-order valence-corrected chi connectivity index (χ3v) is 5.65. The van der Waals surface area contributed by atoms with Gasteiger partial charge in [0, 0.05) is 12.1 Å². The summed E-state index contributed by atoms with van der Waals surface area (Å²) in [5.74, 6) is 0.615. The van der Waals surface area contributed by atoms with E-state index in [0.29, 0.717) is 12.6 Å². The van der Waals surface area contributed by atoms with Crippen molar-refractivity contribution in [2.75, 3.05) is 13.1 Å². The highest BCUT2D eigenvalue weighted by atomic mass is 16.2. The smallest absolute Gasteiger partial charge is 0.321 e. The summed E-state index contributed by atoms with van der Waals surface area (Å²) in [6, 6.07) is 0.505. The van der Waals surface area contributed by atoms with Crippen LogP contribution in [0.2, 0.25) is 0 Å². The average molecular weight is 307 g/mol. The highest BCUT2D eigenvalue weighted by Crippen LogP contribution is 2.34. The molecule has 1 aliphatic heterocycles. The van der Waals surface area contributed by atoms with Crippen molar-refractivity contribution in [2.24, 2.45) is 5.92 Å². The molecule has 0 radical (unpaired) electrons. The fourth-order valence-electron chi connectivity index (χ4n) is 4.57. The zero-order valence-electron chi connectivity index (χ0n) is 13.5. The summed E-state index contributed by atoms with van der Waals surface area (Å²) in [6.45, 7) is 1.37. The predicted octanol–water partition coefficient (Wildman–Crippen LogP) is 2.41. The van der Waals surface area contributed by atoms with Gasteiger partial charge >= 0.3 is 6.03 Å². The number of nitrogens with one attached hydrogen (secondary N) is 2. The van der Waals surface area contributed by atoms with E-state index in [4.69, 9.17) is 0 Å². The molecule has 22 heavy (non-hydrogen) atoms. The first-order valence-corrected chi connectivity index (χ1v) is 9.07. The first kappa shape index (κ1) is 15.8. The number of amides is 3. The first-order chi connectivity index (χ1) is 10.7. The molecule has 0 spiro atoms. The Labute approximate surface area is 133 Å². The zero-order chi connectivity index (χ0) is 15.4. The molecule has 0 bridgehead atoms. The number of urea groups is 1. The van der Waals surface area contributed by atoms with Crippen LogP contribution >= 0.6 is 0 Å². The third-order valence-electron chi connectivity index (χ3n) is 5.65. The van der Waals surface area contributed by atoms with Crippen LogP contribution in [0, 0.1) is 5.92 Å². The molecule has 0 aromatic heterocycles. The molecule has 3 aliphatic rings. The Balaban J connectivity index is 1.45. The number of rotatable bonds is 3. The molecule has 3 rings (SSSR count). The molecular weight excluding hydrogens is 278 g/mol. The van der Waals surface area contributed by atoms with E-state index in [0.717, 1.165) is 25.3 Å². The topological polar surface area (TPSA) is 61.4 Å². The fraction of sp³-hybridized carbons (Fsp3) is 0.882. The molecule has 5 heteroatoms. The molecule has 3 fully saturated rings. The molecule has 124 valence electrons. The second kappa shape index (κ2) is 7.44. The van der Waals surface area contributed by atoms with Gasteiger partial charge in [0.2, 0.25) is 5.91 Å². The Morgan fingerprint density at radius 2 is 1.59 bits per heavy atom. The molecule has 1 saturated heterocycles. The van der Waals surface area contributed by atoms with Crippen molar-refractivity contribution in [1.82, 2.24) is 15.5 Å². The van der Waals surface area contributed by atoms with E-state index in [9.17, 15) is 9.59 Å². The SMILES string of the molecule is O=C(CN1CCC[C@H]2CCCC[C@@H]21)NC(=O)NC1CCCC1. The number of carbonyl (C=O) groups excluding carboxylic acids is 2. The molecule has 5 nitrogen and oxygen atoms in total. The molecule has 1 heterocycles. The minimum absolute atomic E-state index is 0.151. The zero-order valence-corrected chi connectivity index (χ0v) is 13.5. The maximum Gasteiger partial charge on any atom is 0.321 e. The van der Waals surface area contributed by atoms with Gasteiger partial charge in [-0.15, -0.1) is 0 Å². The fourth-order valence-corrected chi connectivity index (χ4v) is 4.57. The molecule has 0 aromatic carbocycles. The quantitative estimate of drug-likeness (QED) is 0.841. The van der Waals surface area contributed by atoms with E-state index in [1.54, 1.807) is 0 Å². The van der Waals surface area contributed by atoms with Crippen LogP contribution in [0.5, 0.6) is 0 Å². The normalized spacial score (nSPS) is 29.8. The van der Waals surface area contributed by atoms with Gasteiger partial charge in [0.25, 0.3) is 0 Å². The van der Waals surface area contributed by atoms with E-state index in [1.807, 2.05) is 0 Å². The van der Waals surface area contributed by atoms with Crippen molar-refractivity contribution in [3.8, 4) is 0 Å². The van der Waals surface area contributed by atoms with E-state index in [2.05, 4.69) is 15.5 Å². The summed E-state index contributed by atoms with van der Waals surface area (Å²) >= 11 is 0. The average Bonchev–Trinajstić information content (AvgIpc) is 3.00. The summed E-state index contributed by atoms with van der Waals surface area (Å²) in [6.07, 6.45) is 12.1. The highest BCUT2D eigenvalue weighted by molar-refractivity contribution is 5.95. The van der Waals surface area contributed by atoms with Crippen molar-refractivity contribution >= 4 is 11.9 Å². The number of hydrogen-bond acceptors (Lipinski definition) is 3. The van der Waals surface area contributed by atoms with Crippen molar-refractivity contribution in [1.29, 1.82) is 0 Å². The van der Waals surface area contributed by atoms with Gasteiger partial charge in [-0.05, 0) is 51.0 Å². The van der Waals surface area contributed by atoms with Gasteiger partial charge in [-0.25, -0.2) is 4.79 Å². The molecule has 2 N–H and O–H groups in total. The molecule has 2 aliphatic carbocycles. The molecule has 3 amide bonds. The number of likely N-dealkylation sites (tertiary alicyclic amines) is 1. The number of imide groups is 1. The van der Waals surface area contributed by atoms with Crippen molar-refractivity contribution in [3.63, 3.8) is 0 Å². The van der Waals surface area contributed by atoms with Crippen LogP contribution in [-0.4, -0.2) is 42.0 Å². The van der Waals surface area contributed by atoms with E-state index >= 15 is 0 Å². The monoisotopic (exact) mass is 307 g/mol. The maximum atomic E-state index is 12.2. The summed E-state index contributed by atoms with van der Waals surface area (Å²) < 4.78 is 0. The summed E-state index contributed by atoms with van der Waals surface area (Å²) in [7, 11) is 0. The van der Waals surface area contributed by atoms with Gasteiger partial charge in [0.1, 0.15) is 0 Å². The van der Waals surface area contributed by atoms with Crippen molar-refractivity contribution in [3.05, 3.63) is 0 Å². The van der Waals surface area contributed by atoms with Crippen LogP contribution in [0.3, 0.4) is 0 Å². The largest absolute Gasteiger partial charge is 0.335 e. The van der Waals surface area contributed by atoms with Gasteiger partial charge < -0.3 is 5.32 Å². The molecule has 2 atom stereocenters. The van der Waals surface area contributed by atoms with Crippen LogP contribution in [-0.2, 0) is 4.79 Å². The predicted molar refractivity (Wildman–Crippen MR) is 85.5 cm³/mol. The molecular formula is C17H29N3O2. The van der Waals surface area contributed by atoms with Crippen LogP contribution in [0.15, 0.2) is 0 Å². The Hall–Kier alpha value is -1.10. The van der Waals surface area contributed by atoms with E-state index < -0.39 is 0 Å². The Morgan fingerprint density at radius 3 is 2.41 bits per heavy atom. The summed E-state index contributed by atoms with van der Waals surface area (Å²) in [4.78, 5) is 26.3. The van der Waals surface area contributed by atoms with Crippen LogP contribution in [0.4, 0.5) is 4.79 Å². The molecule has 2 saturated carbocycles. The van der Waals surface area contributed by atoms with Gasteiger partial charge in [0.15, 0.2) is 0 Å². The lowest BCUT2D eigenvalue weighted by molar-refractivity contribution is -0.122. The van der Waals surface area contributed by atoms with E-state index in [1.165, 1.54) is 51.4 Å². The number of nitrogens with zero attached hydrogens (tertiary/aromatic N) is 1. The van der Waals surface area contributed by atoms with Gasteiger partial charge in [-0.2, -0.15) is 0 Å². The minimum atomic E-state index is -0.311. The number of carbonyl (C=O) groups is 2. The van der Waals surface area contributed by atoms with Gasteiger partial charge in [-0.3, -0.25) is 15.0 Å². The lowest BCUT2D eigenvalue weighted by atomic mass is 9.78. The van der Waals surface area contributed by atoms with Crippen molar-refractivity contribution in [2.45, 2.75) is 76.3 Å². The summed E-state index contributed by atoms with van der Waals surface area (Å²) in [5, 5.41) is 5.43. The van der Waals surface area contributed by atoms with Crippen LogP contribution in [0.1, 0.15) is 64.2 Å². The van der Waals surface area contributed by atoms with E-state index in [-0.39, 0.29) is 18.0 Å². The Bertz CT molecular complexity index is 405. The Kier molecular flexibility index (Phi) is 5.34. The van der Waals surface area contributed by atoms with Crippen molar-refractivity contribution < 1.29 is 9.59 Å². The first-order valence-electron chi connectivity index (χ1n) is 9.07. The maximum absolute atomic E-state index is 12.2. The second-order valence-corrected chi connectivity index (χ2v) is 7.23. The second-order valence-electron chi connectivity index (χ2n) is 7.23. The number of piperidine rings is 1. The summed E-state index contributed by atoms with van der Waals surface area (Å²) in [5.41, 5.74) is 0. The molecule has 0 unspecified atom stereocenters. The number of hydrogen-bond donors (Lipinski definition) is 2. The van der Waals surface area contributed by atoms with Gasteiger partial charge in [0.05, 0.1) is 6.54 Å². The highest BCUT2D eigenvalue weighted by Gasteiger charge is 2.34. The number of fused-ring (bicyclic) bond motifs is 1. The lowest BCUT2D eigenvalue weighted by Gasteiger charge is -2.43. The standard InChI is InChI=1S/C17H29N3O2/c21-16(19-17(22)18-14-8-2-3-9-14)12-20-11-5-7-13-6-1-4-10-15(13)20/h13-15H,1-12H2,(H2,18,19,21,22)/t13-,15+/m1/s1. The third kappa shape index (κ3) is 4.00. The van der Waals surface area contributed by atoms with Crippen LogP contribution in [0.25, 0.3) is 0 Å². The van der Waals surface area contributed by atoms with Gasteiger partial charge in [-0.1, -0.05) is 25.7 Å². The minimum Gasteiger partial charge on any atom is -0.335 e. The lowest BCUT2D eigenvalue weighted by Crippen LogP contribution is -2.52. The molecule has 0 aromatic rings.